The molecule has 0 fully saturated rings. The number of carbonyl (C=O) groups is 1. The first-order valence-corrected chi connectivity index (χ1v) is 5.96. The average molecular weight is 230 g/mol. The molecule has 1 aromatic carbocycles. The molecule has 0 atom stereocenters. The minimum absolute atomic E-state index is 0.187. The maximum Gasteiger partial charge on any atom is 0.171 e. The van der Waals surface area contributed by atoms with E-state index in [9.17, 15) is 4.79 Å². The predicted octanol–water partition coefficient (Wildman–Crippen LogP) is 3.50. The molecule has 0 heterocycles. The van der Waals surface area contributed by atoms with Crippen molar-refractivity contribution < 1.29 is 9.53 Å². The van der Waals surface area contributed by atoms with E-state index in [1.165, 1.54) is 5.56 Å². The average Bonchev–Trinajstić information content (AvgIpc) is 2.23. The molecular weight excluding hydrogens is 212 g/mol. The molecule has 1 aliphatic carbocycles. The van der Waals surface area contributed by atoms with Crippen molar-refractivity contribution in [1.82, 2.24) is 0 Å². The highest BCUT2D eigenvalue weighted by Gasteiger charge is 2.28. The van der Waals surface area contributed by atoms with E-state index in [1.807, 2.05) is 13.0 Å². The van der Waals surface area contributed by atoms with Gasteiger partial charge >= 0.3 is 0 Å². The van der Waals surface area contributed by atoms with Crippen LogP contribution in [0, 0.1) is 0 Å². The Morgan fingerprint density at radius 3 is 2.71 bits per heavy atom. The third-order valence-electron chi connectivity index (χ3n) is 2.98. The second kappa shape index (κ2) is 4.36. The van der Waals surface area contributed by atoms with Gasteiger partial charge < -0.3 is 4.74 Å². The number of rotatable bonds is 4. The van der Waals surface area contributed by atoms with Gasteiger partial charge in [0.2, 0.25) is 0 Å². The molecule has 0 amide bonds. The van der Waals surface area contributed by atoms with Crippen molar-refractivity contribution in [2.24, 2.45) is 0 Å². The van der Waals surface area contributed by atoms with Gasteiger partial charge in [-0.2, -0.15) is 0 Å². The van der Waals surface area contributed by atoms with Gasteiger partial charge in [0, 0.05) is 6.42 Å². The summed E-state index contributed by atoms with van der Waals surface area (Å²) in [7, 11) is 0. The summed E-state index contributed by atoms with van der Waals surface area (Å²) in [6.07, 6.45) is 0.555. The second-order valence-corrected chi connectivity index (χ2v) is 5.05. The quantitative estimate of drug-likeness (QED) is 0.740. The van der Waals surface area contributed by atoms with E-state index in [4.69, 9.17) is 4.74 Å². The molecule has 90 valence electrons. The van der Waals surface area contributed by atoms with Crippen molar-refractivity contribution in [2.75, 3.05) is 6.61 Å². The highest BCUT2D eigenvalue weighted by atomic mass is 16.5. The van der Waals surface area contributed by atoms with Crippen molar-refractivity contribution in [2.45, 2.75) is 33.1 Å². The van der Waals surface area contributed by atoms with E-state index in [-0.39, 0.29) is 5.78 Å². The van der Waals surface area contributed by atoms with Crippen LogP contribution in [0.15, 0.2) is 24.3 Å². The van der Waals surface area contributed by atoms with E-state index >= 15 is 0 Å². The molecule has 0 aliphatic heterocycles. The number of ether oxygens (including phenoxy) is 1. The fraction of sp³-hybridized carbons (Fsp3) is 0.400. The van der Waals surface area contributed by atoms with Crippen LogP contribution < -0.4 is 4.74 Å². The first-order chi connectivity index (χ1) is 7.99. The maximum atomic E-state index is 11.6. The Bertz CT molecular complexity index is 484. The Balaban J connectivity index is 2.34. The van der Waals surface area contributed by atoms with Crippen LogP contribution in [0.5, 0.6) is 5.75 Å². The Hall–Kier alpha value is -1.57. The minimum atomic E-state index is 0.187. The van der Waals surface area contributed by atoms with Crippen LogP contribution in [0.3, 0.4) is 0 Å². The zero-order valence-electron chi connectivity index (χ0n) is 10.7. The fourth-order valence-corrected chi connectivity index (χ4v) is 1.96. The number of benzene rings is 1. The zero-order valence-corrected chi connectivity index (χ0v) is 10.7. The van der Waals surface area contributed by atoms with Crippen LogP contribution >= 0.6 is 0 Å². The molecule has 0 aromatic heterocycles. The molecule has 1 aromatic rings. The lowest BCUT2D eigenvalue weighted by molar-refractivity contribution is 0.0963. The van der Waals surface area contributed by atoms with Gasteiger partial charge in [0.15, 0.2) is 5.78 Å². The summed E-state index contributed by atoms with van der Waals surface area (Å²) in [6, 6.07) is 4.11. The van der Waals surface area contributed by atoms with E-state index in [1.54, 1.807) is 0 Å². The molecule has 0 bridgehead atoms. The number of Topliss-reactive ketones (excluding diaryl/α,β-unsaturated/α-hetero) is 1. The van der Waals surface area contributed by atoms with Gasteiger partial charge in [-0.25, -0.2) is 0 Å². The second-order valence-electron chi connectivity index (χ2n) is 5.05. The van der Waals surface area contributed by atoms with Crippen LogP contribution in [0.25, 0.3) is 0 Å². The molecule has 0 radical (unpaired) electrons. The Labute approximate surface area is 102 Å². The molecule has 2 heteroatoms. The first kappa shape index (κ1) is 11.9. The lowest BCUT2D eigenvalue weighted by atomic mass is 9.83. The predicted molar refractivity (Wildman–Crippen MR) is 68.9 cm³/mol. The summed E-state index contributed by atoms with van der Waals surface area (Å²) in [5.41, 5.74) is 4.09. The van der Waals surface area contributed by atoms with Crippen molar-refractivity contribution >= 4 is 5.78 Å². The first-order valence-electron chi connectivity index (χ1n) is 5.96. The van der Waals surface area contributed by atoms with Crippen molar-refractivity contribution in [3.63, 3.8) is 0 Å². The molecule has 1 aliphatic rings. The molecule has 0 spiro atoms. The standard InChI is InChI=1S/C15H18O2/c1-9(2)8-17-14-7-11(10(3)4)5-12-6-13(16)15(12)14/h5,7,10H,1,6,8H2,2-4H3. The van der Waals surface area contributed by atoms with Gasteiger partial charge in [-0.3, -0.25) is 4.79 Å². The van der Waals surface area contributed by atoms with Crippen LogP contribution in [-0.2, 0) is 6.42 Å². The molecule has 2 rings (SSSR count). The van der Waals surface area contributed by atoms with Gasteiger partial charge in [0.1, 0.15) is 12.4 Å². The van der Waals surface area contributed by atoms with Crippen LogP contribution in [0.4, 0.5) is 0 Å². The van der Waals surface area contributed by atoms with Gasteiger partial charge in [0.25, 0.3) is 0 Å². The SMILES string of the molecule is C=C(C)COc1cc(C(C)C)cc2c1C(=O)C2. The number of carbonyl (C=O) groups excluding carboxylic acids is 1. The summed E-state index contributed by atoms with van der Waals surface area (Å²) >= 11 is 0. The van der Waals surface area contributed by atoms with E-state index < -0.39 is 0 Å². The van der Waals surface area contributed by atoms with E-state index in [0.717, 1.165) is 22.4 Å². The third-order valence-corrected chi connectivity index (χ3v) is 2.98. The van der Waals surface area contributed by atoms with Crippen LogP contribution in [-0.4, -0.2) is 12.4 Å². The zero-order chi connectivity index (χ0) is 12.6. The third kappa shape index (κ3) is 2.26. The fourth-order valence-electron chi connectivity index (χ4n) is 1.96. The maximum absolute atomic E-state index is 11.6. The number of hydrogen-bond acceptors (Lipinski definition) is 2. The van der Waals surface area contributed by atoms with Gasteiger partial charge in [-0.1, -0.05) is 26.5 Å². The lowest BCUT2D eigenvalue weighted by Gasteiger charge is -2.23. The molecular formula is C15H18O2. The Kier molecular flexibility index (Phi) is 3.05. The van der Waals surface area contributed by atoms with Crippen molar-refractivity contribution in [3.8, 4) is 5.75 Å². The molecule has 0 unspecified atom stereocenters. The van der Waals surface area contributed by atoms with Crippen molar-refractivity contribution in [1.29, 1.82) is 0 Å². The van der Waals surface area contributed by atoms with E-state index in [0.29, 0.717) is 18.9 Å². The summed E-state index contributed by atoms with van der Waals surface area (Å²) in [4.78, 5) is 11.6. The van der Waals surface area contributed by atoms with Gasteiger partial charge in [-0.05, 0) is 35.6 Å². The highest BCUT2D eigenvalue weighted by molar-refractivity contribution is 6.09. The van der Waals surface area contributed by atoms with Crippen LogP contribution in [0.2, 0.25) is 0 Å². The Morgan fingerprint density at radius 2 is 2.18 bits per heavy atom. The normalized spacial score (nSPS) is 13.3. The number of ketones is 1. The van der Waals surface area contributed by atoms with Crippen molar-refractivity contribution in [3.05, 3.63) is 41.0 Å². The molecule has 2 nitrogen and oxygen atoms in total. The summed E-state index contributed by atoms with van der Waals surface area (Å²) in [5.74, 6) is 1.36. The highest BCUT2D eigenvalue weighted by Crippen LogP contribution is 2.35. The summed E-state index contributed by atoms with van der Waals surface area (Å²) in [5, 5.41) is 0. The number of hydrogen-bond donors (Lipinski definition) is 0. The monoisotopic (exact) mass is 230 g/mol. The van der Waals surface area contributed by atoms with Gasteiger partial charge in [0.05, 0.1) is 5.56 Å². The smallest absolute Gasteiger partial charge is 0.171 e. The molecule has 17 heavy (non-hydrogen) atoms. The van der Waals surface area contributed by atoms with E-state index in [2.05, 4.69) is 26.5 Å². The topological polar surface area (TPSA) is 26.3 Å². The summed E-state index contributed by atoms with van der Waals surface area (Å²) in [6.45, 7) is 10.5. The minimum Gasteiger partial charge on any atom is -0.488 e. The Morgan fingerprint density at radius 1 is 1.47 bits per heavy atom. The largest absolute Gasteiger partial charge is 0.488 e. The summed E-state index contributed by atoms with van der Waals surface area (Å²) < 4.78 is 5.67. The van der Waals surface area contributed by atoms with Crippen LogP contribution in [0.1, 0.15) is 48.2 Å². The molecule has 0 N–H and O–H groups in total. The molecule has 0 saturated carbocycles. The lowest BCUT2D eigenvalue weighted by Crippen LogP contribution is -2.21. The number of fused-ring (bicyclic) bond motifs is 1. The van der Waals surface area contributed by atoms with Gasteiger partial charge in [-0.15, -0.1) is 0 Å². The molecule has 0 saturated heterocycles.